The largest absolute Gasteiger partial charge is 0.396 e. The lowest BCUT2D eigenvalue weighted by molar-refractivity contribution is 0.0718. The molecule has 3 aromatic rings. The molecule has 1 aromatic carbocycles. The maximum atomic E-state index is 13.0. The van der Waals surface area contributed by atoms with Gasteiger partial charge < -0.3 is 16.2 Å². The number of aromatic nitrogens is 2. The number of carbonyl (C=O) groups is 1. The number of halogens is 1. The van der Waals surface area contributed by atoms with Crippen LogP contribution < -0.4 is 11.1 Å². The van der Waals surface area contributed by atoms with Gasteiger partial charge in [-0.05, 0) is 48.6 Å². The molecule has 4 N–H and O–H groups in total. The highest BCUT2D eigenvalue weighted by molar-refractivity contribution is 6.29. The molecule has 7 heteroatoms. The molecular weight excluding hydrogens is 388 g/mol. The Balaban J connectivity index is 1.71. The number of hydrogen-bond donors (Lipinski definition) is 3. The summed E-state index contributed by atoms with van der Waals surface area (Å²) in [5.41, 5.74) is 9.56. The second-order valence-electron chi connectivity index (χ2n) is 7.49. The maximum absolute atomic E-state index is 13.0. The molecule has 2 heterocycles. The molecule has 29 heavy (non-hydrogen) atoms. The van der Waals surface area contributed by atoms with E-state index in [1.165, 1.54) is 0 Å². The highest BCUT2D eigenvalue weighted by Crippen LogP contribution is 2.29. The van der Waals surface area contributed by atoms with Crippen molar-refractivity contribution in [2.24, 2.45) is 0 Å². The van der Waals surface area contributed by atoms with Crippen molar-refractivity contribution in [1.82, 2.24) is 15.3 Å². The van der Waals surface area contributed by atoms with E-state index in [2.05, 4.69) is 15.3 Å². The molecule has 0 aliphatic heterocycles. The minimum atomic E-state index is -0.521. The van der Waals surface area contributed by atoms with Crippen LogP contribution in [0.2, 0.25) is 5.15 Å². The van der Waals surface area contributed by atoms with E-state index >= 15 is 0 Å². The normalized spacial score (nSPS) is 19.2. The molecule has 0 saturated heterocycles. The number of hydrogen-bond acceptors (Lipinski definition) is 5. The molecule has 0 unspecified atom stereocenters. The number of rotatable bonds is 4. The summed E-state index contributed by atoms with van der Waals surface area (Å²) in [6.07, 6.45) is 6.88. The number of nitrogens with two attached hydrogens (primary N) is 1. The number of amides is 1. The highest BCUT2D eigenvalue weighted by atomic mass is 35.5. The summed E-state index contributed by atoms with van der Waals surface area (Å²) in [7, 11) is 0. The maximum Gasteiger partial charge on any atom is 0.253 e. The Kier molecular flexibility index (Phi) is 5.65. The first-order valence-corrected chi connectivity index (χ1v) is 10.2. The van der Waals surface area contributed by atoms with Crippen LogP contribution in [0, 0.1) is 0 Å². The van der Waals surface area contributed by atoms with Crippen LogP contribution in [0.4, 0.5) is 5.69 Å². The van der Waals surface area contributed by atoms with Crippen molar-refractivity contribution < 1.29 is 9.90 Å². The predicted molar refractivity (Wildman–Crippen MR) is 114 cm³/mol. The third-order valence-corrected chi connectivity index (χ3v) is 5.71. The molecule has 150 valence electrons. The van der Waals surface area contributed by atoms with Crippen LogP contribution in [-0.4, -0.2) is 33.1 Å². The third-order valence-electron chi connectivity index (χ3n) is 5.49. The molecule has 1 amide bonds. The Hall–Kier alpha value is -2.70. The van der Waals surface area contributed by atoms with E-state index in [0.717, 1.165) is 35.8 Å². The molecule has 0 bridgehead atoms. The number of nitrogens with zero attached hydrogens (tertiary/aromatic N) is 2. The fraction of sp³-hybridized carbons (Fsp3) is 0.318. The molecule has 1 aliphatic rings. The van der Waals surface area contributed by atoms with E-state index in [1.54, 1.807) is 18.5 Å². The third kappa shape index (κ3) is 4.18. The standard InChI is InChI=1S/C22H23ClN4O2/c23-19-8-7-13(12-26-19)10-14-11-16(20(24)21-15(14)4-3-9-25-21)22(29)27-17-5-1-2-6-18(17)28/h3-4,7-9,11-12,17-18,28H,1-2,5-6,10,24H2,(H,27,29)/t17-,18-/m0/s1. The second-order valence-corrected chi connectivity index (χ2v) is 7.88. The van der Waals surface area contributed by atoms with Crippen molar-refractivity contribution in [2.45, 2.75) is 44.2 Å². The fourth-order valence-corrected chi connectivity index (χ4v) is 4.04. The van der Waals surface area contributed by atoms with Crippen LogP contribution in [0.25, 0.3) is 10.9 Å². The van der Waals surface area contributed by atoms with E-state index in [0.29, 0.717) is 34.8 Å². The van der Waals surface area contributed by atoms with Crippen LogP contribution in [0.5, 0.6) is 0 Å². The SMILES string of the molecule is Nc1c(C(=O)N[C@H]2CCCC[C@@H]2O)cc(Cc2ccc(Cl)nc2)c2cccnc12. The van der Waals surface area contributed by atoms with Gasteiger partial charge >= 0.3 is 0 Å². The van der Waals surface area contributed by atoms with Gasteiger partial charge in [0.2, 0.25) is 0 Å². The number of pyridine rings is 2. The first-order valence-electron chi connectivity index (χ1n) is 9.78. The molecule has 4 rings (SSSR count). The van der Waals surface area contributed by atoms with E-state index in [-0.39, 0.29) is 11.9 Å². The van der Waals surface area contributed by atoms with Gasteiger partial charge in [-0.1, -0.05) is 36.6 Å². The predicted octanol–water partition coefficient (Wildman–Crippen LogP) is 3.49. The van der Waals surface area contributed by atoms with Gasteiger partial charge in [-0.15, -0.1) is 0 Å². The van der Waals surface area contributed by atoms with Gasteiger partial charge in [-0.3, -0.25) is 9.78 Å². The molecule has 1 saturated carbocycles. The number of fused-ring (bicyclic) bond motifs is 1. The first-order chi connectivity index (χ1) is 14.0. The summed E-state index contributed by atoms with van der Waals surface area (Å²) in [4.78, 5) is 21.6. The average Bonchev–Trinajstić information content (AvgIpc) is 2.73. The summed E-state index contributed by atoms with van der Waals surface area (Å²) in [5, 5.41) is 14.5. The Morgan fingerprint density at radius 1 is 1.24 bits per heavy atom. The number of nitrogens with one attached hydrogen (secondary N) is 1. The zero-order valence-corrected chi connectivity index (χ0v) is 16.7. The monoisotopic (exact) mass is 410 g/mol. The molecule has 6 nitrogen and oxygen atoms in total. The van der Waals surface area contributed by atoms with Crippen molar-refractivity contribution >= 4 is 34.1 Å². The van der Waals surface area contributed by atoms with Crippen LogP contribution in [0.1, 0.15) is 47.2 Å². The second kappa shape index (κ2) is 8.35. The molecular formula is C22H23ClN4O2. The lowest BCUT2D eigenvalue weighted by Crippen LogP contribution is -2.45. The van der Waals surface area contributed by atoms with E-state index in [9.17, 15) is 9.90 Å². The smallest absolute Gasteiger partial charge is 0.253 e. The molecule has 2 atom stereocenters. The molecule has 0 spiro atoms. The lowest BCUT2D eigenvalue weighted by atomic mass is 9.92. The van der Waals surface area contributed by atoms with Gasteiger partial charge in [0.1, 0.15) is 5.15 Å². The molecule has 0 radical (unpaired) electrons. The minimum Gasteiger partial charge on any atom is -0.396 e. The zero-order chi connectivity index (χ0) is 20.4. The van der Waals surface area contributed by atoms with E-state index in [1.807, 2.05) is 24.3 Å². The van der Waals surface area contributed by atoms with Gasteiger partial charge in [0.05, 0.1) is 28.9 Å². The van der Waals surface area contributed by atoms with Crippen LogP contribution in [0.3, 0.4) is 0 Å². The quantitative estimate of drug-likeness (QED) is 0.451. The summed E-state index contributed by atoms with van der Waals surface area (Å²) in [5.74, 6) is -0.281. The topological polar surface area (TPSA) is 101 Å². The number of carbonyl (C=O) groups excluding carboxylic acids is 1. The zero-order valence-electron chi connectivity index (χ0n) is 15.9. The highest BCUT2D eigenvalue weighted by Gasteiger charge is 2.26. The Morgan fingerprint density at radius 3 is 2.83 bits per heavy atom. The molecule has 2 aromatic heterocycles. The average molecular weight is 411 g/mol. The summed E-state index contributed by atoms with van der Waals surface area (Å²) in [6, 6.07) is 9.02. The fourth-order valence-electron chi connectivity index (χ4n) is 3.93. The molecule has 1 fully saturated rings. The summed E-state index contributed by atoms with van der Waals surface area (Å²) < 4.78 is 0. The molecule has 1 aliphatic carbocycles. The van der Waals surface area contributed by atoms with Crippen molar-refractivity contribution in [3.63, 3.8) is 0 Å². The van der Waals surface area contributed by atoms with Crippen LogP contribution in [0.15, 0.2) is 42.7 Å². The Morgan fingerprint density at radius 2 is 2.07 bits per heavy atom. The number of nitrogen functional groups attached to an aromatic ring is 1. The van der Waals surface area contributed by atoms with E-state index < -0.39 is 6.10 Å². The van der Waals surface area contributed by atoms with Gasteiger partial charge in [-0.25, -0.2) is 4.98 Å². The van der Waals surface area contributed by atoms with Gasteiger partial charge in [0.25, 0.3) is 5.91 Å². The van der Waals surface area contributed by atoms with E-state index in [4.69, 9.17) is 17.3 Å². The Bertz CT molecular complexity index is 1040. The van der Waals surface area contributed by atoms with Gasteiger partial charge in [0.15, 0.2) is 0 Å². The van der Waals surface area contributed by atoms with Crippen molar-refractivity contribution in [2.75, 3.05) is 5.73 Å². The summed E-state index contributed by atoms with van der Waals surface area (Å²) >= 11 is 5.89. The van der Waals surface area contributed by atoms with Gasteiger partial charge in [0, 0.05) is 17.8 Å². The minimum absolute atomic E-state index is 0.251. The number of aliphatic hydroxyl groups is 1. The van der Waals surface area contributed by atoms with Crippen molar-refractivity contribution in [1.29, 1.82) is 0 Å². The lowest BCUT2D eigenvalue weighted by Gasteiger charge is -2.28. The van der Waals surface area contributed by atoms with Crippen molar-refractivity contribution in [3.05, 3.63) is 64.6 Å². The number of benzene rings is 1. The first kappa shape index (κ1) is 19.6. The number of anilines is 1. The van der Waals surface area contributed by atoms with Gasteiger partial charge in [-0.2, -0.15) is 0 Å². The van der Waals surface area contributed by atoms with Crippen molar-refractivity contribution in [3.8, 4) is 0 Å². The number of aliphatic hydroxyl groups excluding tert-OH is 1. The van der Waals surface area contributed by atoms with Crippen LogP contribution >= 0.6 is 11.6 Å². The summed E-state index contributed by atoms with van der Waals surface area (Å²) in [6.45, 7) is 0. The Labute approximate surface area is 174 Å². The van der Waals surface area contributed by atoms with Crippen LogP contribution in [-0.2, 0) is 6.42 Å².